The smallest absolute Gasteiger partial charge is 0.251 e. The first-order valence-corrected chi connectivity index (χ1v) is 5.71. The topological polar surface area (TPSA) is 72.9 Å². The zero-order chi connectivity index (χ0) is 13.1. The number of nitrogen functional groups attached to an aromatic ring is 1. The first-order chi connectivity index (χ1) is 8.58. The second kappa shape index (κ2) is 4.91. The van der Waals surface area contributed by atoms with Crippen molar-refractivity contribution in [3.8, 4) is 0 Å². The zero-order valence-electron chi connectivity index (χ0n) is 10.4. The van der Waals surface area contributed by atoms with Crippen LogP contribution >= 0.6 is 0 Å². The van der Waals surface area contributed by atoms with Gasteiger partial charge < -0.3 is 15.6 Å². The molecule has 1 unspecified atom stereocenters. The summed E-state index contributed by atoms with van der Waals surface area (Å²) >= 11 is 0. The zero-order valence-corrected chi connectivity index (χ0v) is 10.4. The monoisotopic (exact) mass is 244 g/mol. The van der Waals surface area contributed by atoms with Crippen molar-refractivity contribution in [3.63, 3.8) is 0 Å². The highest BCUT2D eigenvalue weighted by Crippen LogP contribution is 2.11. The molecule has 94 valence electrons. The summed E-state index contributed by atoms with van der Waals surface area (Å²) in [6.45, 7) is 1.90. The number of nitrogens with zero attached hydrogens (tertiary/aromatic N) is 2. The third-order valence-corrected chi connectivity index (χ3v) is 2.74. The highest BCUT2D eigenvalue weighted by molar-refractivity contribution is 5.95. The molecule has 3 N–H and O–H groups in total. The molecule has 0 aliphatic carbocycles. The fraction of sp³-hybridized carbons (Fsp3) is 0.231. The van der Waals surface area contributed by atoms with E-state index in [4.69, 9.17) is 5.73 Å². The van der Waals surface area contributed by atoms with Gasteiger partial charge in [-0.1, -0.05) is 6.07 Å². The standard InChI is InChI=1S/C13H16N4O/c1-9(12-15-6-7-17(12)2)16-13(18)10-4-3-5-11(14)8-10/h3-9H,14H2,1-2H3,(H,16,18). The minimum absolute atomic E-state index is 0.154. The van der Waals surface area contributed by atoms with Crippen molar-refractivity contribution < 1.29 is 4.79 Å². The van der Waals surface area contributed by atoms with Crippen molar-refractivity contribution in [1.82, 2.24) is 14.9 Å². The van der Waals surface area contributed by atoms with E-state index >= 15 is 0 Å². The molecule has 5 nitrogen and oxygen atoms in total. The van der Waals surface area contributed by atoms with Crippen LogP contribution in [-0.2, 0) is 7.05 Å². The van der Waals surface area contributed by atoms with E-state index in [-0.39, 0.29) is 11.9 Å². The Morgan fingerprint density at radius 1 is 1.50 bits per heavy atom. The summed E-state index contributed by atoms with van der Waals surface area (Å²) in [5, 5.41) is 2.89. The lowest BCUT2D eigenvalue weighted by molar-refractivity contribution is 0.0938. The predicted octanol–water partition coefficient (Wildman–Crippen LogP) is 1.49. The lowest BCUT2D eigenvalue weighted by Gasteiger charge is -2.13. The Kier molecular flexibility index (Phi) is 3.32. The number of nitrogens with one attached hydrogen (secondary N) is 1. The Labute approximate surface area is 106 Å². The van der Waals surface area contributed by atoms with Gasteiger partial charge in [0.2, 0.25) is 0 Å². The van der Waals surface area contributed by atoms with Crippen LogP contribution in [0.5, 0.6) is 0 Å². The molecular formula is C13H16N4O. The molecule has 0 saturated heterocycles. The Morgan fingerprint density at radius 2 is 2.28 bits per heavy atom. The minimum atomic E-state index is -0.155. The van der Waals surface area contributed by atoms with Gasteiger partial charge in [0.25, 0.3) is 5.91 Å². The van der Waals surface area contributed by atoms with Gasteiger partial charge in [-0.25, -0.2) is 4.98 Å². The first-order valence-electron chi connectivity index (χ1n) is 5.71. The third-order valence-electron chi connectivity index (χ3n) is 2.74. The first kappa shape index (κ1) is 12.2. The second-order valence-corrected chi connectivity index (χ2v) is 4.22. The van der Waals surface area contributed by atoms with Crippen LogP contribution < -0.4 is 11.1 Å². The van der Waals surface area contributed by atoms with Crippen molar-refractivity contribution in [2.75, 3.05) is 5.73 Å². The Bertz CT molecular complexity index is 562. The number of anilines is 1. The van der Waals surface area contributed by atoms with Crippen LogP contribution in [0.2, 0.25) is 0 Å². The summed E-state index contributed by atoms with van der Waals surface area (Å²) in [5.74, 6) is 0.657. The fourth-order valence-corrected chi connectivity index (χ4v) is 1.82. The molecule has 0 bridgehead atoms. The van der Waals surface area contributed by atoms with Gasteiger partial charge in [-0.2, -0.15) is 0 Å². The van der Waals surface area contributed by atoms with E-state index in [2.05, 4.69) is 10.3 Å². The normalized spacial score (nSPS) is 12.1. The molecule has 1 aromatic carbocycles. The summed E-state index contributed by atoms with van der Waals surface area (Å²) in [6.07, 6.45) is 3.55. The van der Waals surface area contributed by atoms with Crippen molar-refractivity contribution in [3.05, 3.63) is 48.0 Å². The SMILES string of the molecule is CC(NC(=O)c1cccc(N)c1)c1nccn1C. The summed E-state index contributed by atoms with van der Waals surface area (Å²) in [6, 6.07) is 6.74. The molecule has 5 heteroatoms. The number of benzene rings is 1. The molecule has 0 radical (unpaired) electrons. The number of amides is 1. The van der Waals surface area contributed by atoms with E-state index in [0.29, 0.717) is 11.3 Å². The third kappa shape index (κ3) is 2.51. The number of rotatable bonds is 3. The van der Waals surface area contributed by atoms with Crippen molar-refractivity contribution in [2.24, 2.45) is 7.05 Å². The van der Waals surface area contributed by atoms with Crippen LogP contribution in [0.25, 0.3) is 0 Å². The molecular weight excluding hydrogens is 228 g/mol. The fourth-order valence-electron chi connectivity index (χ4n) is 1.82. The number of aryl methyl sites for hydroxylation is 1. The molecule has 18 heavy (non-hydrogen) atoms. The summed E-state index contributed by atoms with van der Waals surface area (Å²) in [7, 11) is 1.89. The number of imidazole rings is 1. The van der Waals surface area contributed by atoms with Crippen LogP contribution in [-0.4, -0.2) is 15.5 Å². The van der Waals surface area contributed by atoms with Gasteiger partial charge in [-0.15, -0.1) is 0 Å². The average molecular weight is 244 g/mol. The largest absolute Gasteiger partial charge is 0.399 e. The molecule has 0 spiro atoms. The Morgan fingerprint density at radius 3 is 2.89 bits per heavy atom. The van der Waals surface area contributed by atoms with Gasteiger partial charge >= 0.3 is 0 Å². The number of carbonyl (C=O) groups is 1. The van der Waals surface area contributed by atoms with Crippen LogP contribution in [0.3, 0.4) is 0 Å². The molecule has 1 atom stereocenters. The predicted molar refractivity (Wildman–Crippen MR) is 69.9 cm³/mol. The molecule has 1 amide bonds. The molecule has 2 aromatic rings. The van der Waals surface area contributed by atoms with Crippen molar-refractivity contribution in [2.45, 2.75) is 13.0 Å². The van der Waals surface area contributed by atoms with Gasteiger partial charge in [-0.05, 0) is 25.1 Å². The van der Waals surface area contributed by atoms with E-state index in [1.165, 1.54) is 0 Å². The Hall–Kier alpha value is -2.30. The minimum Gasteiger partial charge on any atom is -0.399 e. The number of nitrogens with two attached hydrogens (primary N) is 1. The van der Waals surface area contributed by atoms with E-state index in [0.717, 1.165) is 5.82 Å². The van der Waals surface area contributed by atoms with Crippen LogP contribution in [0.15, 0.2) is 36.7 Å². The molecule has 1 aromatic heterocycles. The average Bonchev–Trinajstić information content (AvgIpc) is 2.75. The number of aromatic nitrogens is 2. The van der Waals surface area contributed by atoms with Gasteiger partial charge in [0, 0.05) is 30.7 Å². The lowest BCUT2D eigenvalue weighted by Crippen LogP contribution is -2.28. The van der Waals surface area contributed by atoms with E-state index < -0.39 is 0 Å². The number of carbonyl (C=O) groups excluding carboxylic acids is 1. The molecule has 1 heterocycles. The van der Waals surface area contributed by atoms with Crippen LogP contribution in [0.4, 0.5) is 5.69 Å². The van der Waals surface area contributed by atoms with Gasteiger partial charge in [0.05, 0.1) is 6.04 Å². The highest BCUT2D eigenvalue weighted by atomic mass is 16.1. The van der Waals surface area contributed by atoms with Gasteiger partial charge in [-0.3, -0.25) is 4.79 Å². The lowest BCUT2D eigenvalue weighted by atomic mass is 10.2. The van der Waals surface area contributed by atoms with E-state index in [1.807, 2.05) is 24.7 Å². The van der Waals surface area contributed by atoms with Crippen molar-refractivity contribution >= 4 is 11.6 Å². The van der Waals surface area contributed by atoms with E-state index in [1.54, 1.807) is 30.5 Å². The molecule has 0 saturated carbocycles. The second-order valence-electron chi connectivity index (χ2n) is 4.22. The number of hydrogen-bond acceptors (Lipinski definition) is 3. The maximum atomic E-state index is 12.0. The maximum absolute atomic E-state index is 12.0. The maximum Gasteiger partial charge on any atom is 0.251 e. The molecule has 0 aliphatic heterocycles. The van der Waals surface area contributed by atoms with Crippen LogP contribution in [0.1, 0.15) is 29.1 Å². The number of hydrogen-bond donors (Lipinski definition) is 2. The van der Waals surface area contributed by atoms with E-state index in [9.17, 15) is 4.79 Å². The molecule has 0 aliphatic rings. The van der Waals surface area contributed by atoms with Crippen molar-refractivity contribution in [1.29, 1.82) is 0 Å². The summed E-state index contributed by atoms with van der Waals surface area (Å²) in [4.78, 5) is 16.2. The summed E-state index contributed by atoms with van der Waals surface area (Å²) < 4.78 is 1.88. The van der Waals surface area contributed by atoms with Crippen LogP contribution in [0, 0.1) is 0 Å². The molecule has 0 fully saturated rings. The van der Waals surface area contributed by atoms with Gasteiger partial charge in [0.15, 0.2) is 0 Å². The van der Waals surface area contributed by atoms with Gasteiger partial charge in [0.1, 0.15) is 5.82 Å². The highest BCUT2D eigenvalue weighted by Gasteiger charge is 2.14. The Balaban J connectivity index is 2.10. The quantitative estimate of drug-likeness (QED) is 0.803. The molecule has 2 rings (SSSR count). The summed E-state index contributed by atoms with van der Waals surface area (Å²) in [5.41, 5.74) is 6.78.